The first-order valence-electron chi connectivity index (χ1n) is 7.54. The van der Waals surface area contributed by atoms with Gasteiger partial charge in [0.1, 0.15) is 5.82 Å². The Morgan fingerprint density at radius 3 is 2.71 bits per heavy atom. The van der Waals surface area contributed by atoms with Crippen molar-refractivity contribution < 1.29 is 13.6 Å². The molecule has 0 bridgehead atoms. The van der Waals surface area contributed by atoms with Crippen molar-refractivity contribution in [2.24, 2.45) is 5.92 Å². The summed E-state index contributed by atoms with van der Waals surface area (Å²) >= 11 is 0. The SMILES string of the molecule is C[C@@H](Cc1cccc(F)c1)C(=O)Nc1ccc(-c2nnco2)cc1. The number of nitrogens with zero attached hydrogens (tertiary/aromatic N) is 2. The van der Waals surface area contributed by atoms with Crippen molar-refractivity contribution >= 4 is 11.6 Å². The zero-order chi connectivity index (χ0) is 16.9. The fourth-order valence-corrected chi connectivity index (χ4v) is 2.37. The van der Waals surface area contributed by atoms with Gasteiger partial charge in [-0.15, -0.1) is 10.2 Å². The Morgan fingerprint density at radius 2 is 2.04 bits per heavy atom. The number of carbonyl (C=O) groups excluding carboxylic acids is 1. The number of halogens is 1. The molecule has 0 spiro atoms. The summed E-state index contributed by atoms with van der Waals surface area (Å²) in [5, 5.41) is 10.3. The summed E-state index contributed by atoms with van der Waals surface area (Å²) < 4.78 is 18.3. The molecule has 3 aromatic rings. The lowest BCUT2D eigenvalue weighted by atomic mass is 10.00. The molecule has 0 aliphatic carbocycles. The number of aromatic nitrogens is 2. The molecular weight excluding hydrogens is 309 g/mol. The molecule has 0 saturated heterocycles. The number of amides is 1. The fraction of sp³-hybridized carbons (Fsp3) is 0.167. The monoisotopic (exact) mass is 325 g/mol. The predicted octanol–water partition coefficient (Wildman–Crippen LogP) is 3.69. The van der Waals surface area contributed by atoms with Crippen LogP contribution in [0.2, 0.25) is 0 Å². The van der Waals surface area contributed by atoms with Crippen molar-refractivity contribution in [1.82, 2.24) is 10.2 Å². The van der Waals surface area contributed by atoms with E-state index in [4.69, 9.17) is 4.42 Å². The molecule has 1 heterocycles. The summed E-state index contributed by atoms with van der Waals surface area (Å²) in [6.07, 6.45) is 1.74. The highest BCUT2D eigenvalue weighted by Gasteiger charge is 2.14. The second kappa shape index (κ2) is 7.04. The minimum absolute atomic E-state index is 0.121. The van der Waals surface area contributed by atoms with Crippen LogP contribution >= 0.6 is 0 Å². The Labute approximate surface area is 138 Å². The topological polar surface area (TPSA) is 68.0 Å². The molecule has 0 fully saturated rings. The molecule has 0 saturated carbocycles. The van der Waals surface area contributed by atoms with Crippen LogP contribution in [0.5, 0.6) is 0 Å². The number of hydrogen-bond acceptors (Lipinski definition) is 4. The second-order valence-electron chi connectivity index (χ2n) is 5.55. The van der Waals surface area contributed by atoms with Crippen LogP contribution in [-0.2, 0) is 11.2 Å². The van der Waals surface area contributed by atoms with Crippen LogP contribution in [0.15, 0.2) is 59.3 Å². The molecule has 1 atom stereocenters. The maximum absolute atomic E-state index is 13.2. The van der Waals surface area contributed by atoms with Gasteiger partial charge in [0, 0.05) is 17.2 Å². The maximum Gasteiger partial charge on any atom is 0.247 e. The molecule has 24 heavy (non-hydrogen) atoms. The summed E-state index contributed by atoms with van der Waals surface area (Å²) in [4.78, 5) is 12.3. The normalized spacial score (nSPS) is 11.9. The Hall–Kier alpha value is -3.02. The van der Waals surface area contributed by atoms with Crippen LogP contribution in [0.4, 0.5) is 10.1 Å². The fourth-order valence-electron chi connectivity index (χ4n) is 2.37. The quantitative estimate of drug-likeness (QED) is 0.777. The van der Waals surface area contributed by atoms with Gasteiger partial charge < -0.3 is 9.73 Å². The largest absolute Gasteiger partial charge is 0.423 e. The van der Waals surface area contributed by atoms with Crippen LogP contribution in [0, 0.1) is 11.7 Å². The van der Waals surface area contributed by atoms with E-state index in [2.05, 4.69) is 15.5 Å². The summed E-state index contributed by atoms with van der Waals surface area (Å²) in [5.41, 5.74) is 2.25. The molecule has 0 unspecified atom stereocenters. The van der Waals surface area contributed by atoms with Crippen molar-refractivity contribution in [3.63, 3.8) is 0 Å². The van der Waals surface area contributed by atoms with E-state index >= 15 is 0 Å². The molecule has 0 radical (unpaired) electrons. The summed E-state index contributed by atoms with van der Waals surface area (Å²) in [6.45, 7) is 1.81. The molecule has 6 heteroatoms. The minimum Gasteiger partial charge on any atom is -0.423 e. The molecule has 1 N–H and O–H groups in total. The Kier molecular flexibility index (Phi) is 4.65. The van der Waals surface area contributed by atoms with Gasteiger partial charge in [0.2, 0.25) is 18.2 Å². The smallest absolute Gasteiger partial charge is 0.247 e. The Balaban J connectivity index is 1.61. The van der Waals surface area contributed by atoms with Gasteiger partial charge in [0.15, 0.2) is 0 Å². The molecule has 0 aliphatic rings. The number of carbonyl (C=O) groups is 1. The van der Waals surface area contributed by atoms with Crippen molar-refractivity contribution in [2.75, 3.05) is 5.32 Å². The molecule has 3 rings (SSSR count). The standard InChI is InChI=1S/C18H16FN3O2/c1-12(9-13-3-2-4-15(19)10-13)17(23)21-16-7-5-14(6-8-16)18-22-20-11-24-18/h2-8,10-12H,9H2,1H3,(H,21,23)/t12-/m0/s1. The van der Waals surface area contributed by atoms with E-state index in [0.29, 0.717) is 18.0 Å². The van der Waals surface area contributed by atoms with Gasteiger partial charge in [-0.05, 0) is 48.4 Å². The highest BCUT2D eigenvalue weighted by Crippen LogP contribution is 2.20. The predicted molar refractivity (Wildman–Crippen MR) is 87.6 cm³/mol. The molecule has 0 aliphatic heterocycles. The lowest BCUT2D eigenvalue weighted by molar-refractivity contribution is -0.119. The van der Waals surface area contributed by atoms with E-state index in [1.807, 2.05) is 13.0 Å². The van der Waals surface area contributed by atoms with Gasteiger partial charge >= 0.3 is 0 Å². The van der Waals surface area contributed by atoms with Crippen molar-refractivity contribution in [2.45, 2.75) is 13.3 Å². The average molecular weight is 325 g/mol. The minimum atomic E-state index is -0.295. The summed E-state index contributed by atoms with van der Waals surface area (Å²) in [5.74, 6) is -0.267. The zero-order valence-corrected chi connectivity index (χ0v) is 13.1. The summed E-state index contributed by atoms with van der Waals surface area (Å²) in [6, 6.07) is 13.4. The van der Waals surface area contributed by atoms with Gasteiger partial charge in [-0.1, -0.05) is 19.1 Å². The van der Waals surface area contributed by atoms with Crippen LogP contribution in [0.25, 0.3) is 11.5 Å². The summed E-state index contributed by atoms with van der Waals surface area (Å²) in [7, 11) is 0. The van der Waals surface area contributed by atoms with E-state index < -0.39 is 0 Å². The number of hydrogen-bond donors (Lipinski definition) is 1. The first-order chi connectivity index (χ1) is 11.6. The molecular formula is C18H16FN3O2. The van der Waals surface area contributed by atoms with Gasteiger partial charge in [0.05, 0.1) is 0 Å². The van der Waals surface area contributed by atoms with Gasteiger partial charge in [-0.3, -0.25) is 4.79 Å². The highest BCUT2D eigenvalue weighted by molar-refractivity contribution is 5.92. The van der Waals surface area contributed by atoms with Gasteiger partial charge in [-0.25, -0.2) is 4.39 Å². The molecule has 5 nitrogen and oxygen atoms in total. The lowest BCUT2D eigenvalue weighted by Gasteiger charge is -2.12. The third kappa shape index (κ3) is 3.84. The van der Waals surface area contributed by atoms with Crippen molar-refractivity contribution in [1.29, 1.82) is 0 Å². The van der Waals surface area contributed by atoms with Crippen LogP contribution in [0.3, 0.4) is 0 Å². The van der Waals surface area contributed by atoms with Gasteiger partial charge in [0.25, 0.3) is 0 Å². The lowest BCUT2D eigenvalue weighted by Crippen LogP contribution is -2.22. The van der Waals surface area contributed by atoms with E-state index in [-0.39, 0.29) is 17.6 Å². The van der Waals surface area contributed by atoms with E-state index in [0.717, 1.165) is 11.1 Å². The first-order valence-corrected chi connectivity index (χ1v) is 7.54. The number of anilines is 1. The highest BCUT2D eigenvalue weighted by atomic mass is 19.1. The molecule has 2 aromatic carbocycles. The third-order valence-electron chi connectivity index (χ3n) is 3.64. The molecule has 122 valence electrons. The Bertz CT molecular complexity index is 817. The first kappa shape index (κ1) is 15.9. The number of nitrogens with one attached hydrogen (secondary N) is 1. The zero-order valence-electron chi connectivity index (χ0n) is 13.1. The van der Waals surface area contributed by atoms with E-state index in [1.54, 1.807) is 30.3 Å². The average Bonchev–Trinajstić information content (AvgIpc) is 3.10. The van der Waals surface area contributed by atoms with Gasteiger partial charge in [-0.2, -0.15) is 0 Å². The maximum atomic E-state index is 13.2. The third-order valence-corrected chi connectivity index (χ3v) is 3.64. The van der Waals surface area contributed by atoms with Crippen LogP contribution in [0.1, 0.15) is 12.5 Å². The second-order valence-corrected chi connectivity index (χ2v) is 5.55. The molecule has 1 aromatic heterocycles. The molecule has 1 amide bonds. The van der Waals surface area contributed by atoms with Crippen molar-refractivity contribution in [3.05, 3.63) is 66.3 Å². The van der Waals surface area contributed by atoms with E-state index in [1.165, 1.54) is 18.5 Å². The number of rotatable bonds is 5. The van der Waals surface area contributed by atoms with Crippen LogP contribution < -0.4 is 5.32 Å². The Morgan fingerprint density at radius 1 is 1.25 bits per heavy atom. The van der Waals surface area contributed by atoms with E-state index in [9.17, 15) is 9.18 Å². The van der Waals surface area contributed by atoms with Crippen molar-refractivity contribution in [3.8, 4) is 11.5 Å². The number of benzene rings is 2. The van der Waals surface area contributed by atoms with Crippen LogP contribution in [-0.4, -0.2) is 16.1 Å².